The number of carbonyl (C=O) groups is 2. The van der Waals surface area contributed by atoms with E-state index in [0.29, 0.717) is 19.4 Å². The van der Waals surface area contributed by atoms with Crippen molar-refractivity contribution in [2.75, 3.05) is 26.7 Å². The van der Waals surface area contributed by atoms with Crippen molar-refractivity contribution in [2.45, 2.75) is 51.6 Å². The lowest BCUT2D eigenvalue weighted by atomic mass is 10.1. The zero-order chi connectivity index (χ0) is 19.5. The van der Waals surface area contributed by atoms with Crippen LogP contribution in [-0.4, -0.2) is 49.8 Å². The van der Waals surface area contributed by atoms with Crippen LogP contribution in [0.15, 0.2) is 18.2 Å². The topological polar surface area (TPSA) is 61.4 Å². The third kappa shape index (κ3) is 6.50. The summed E-state index contributed by atoms with van der Waals surface area (Å²) >= 11 is 0. The van der Waals surface area contributed by atoms with Gasteiger partial charge in [-0.1, -0.05) is 11.8 Å². The van der Waals surface area contributed by atoms with Gasteiger partial charge >= 0.3 is 0 Å². The molecule has 1 atom stereocenters. The molecule has 146 valence electrons. The molecule has 0 fully saturated rings. The van der Waals surface area contributed by atoms with Crippen LogP contribution >= 0.6 is 0 Å². The lowest BCUT2D eigenvalue weighted by molar-refractivity contribution is -0.108. The van der Waals surface area contributed by atoms with E-state index in [0.717, 1.165) is 49.0 Å². The average Bonchev–Trinajstić information content (AvgIpc) is 3.01. The van der Waals surface area contributed by atoms with Crippen LogP contribution < -0.4 is 10.6 Å². The van der Waals surface area contributed by atoms with E-state index in [1.165, 1.54) is 12.8 Å². The lowest BCUT2D eigenvalue weighted by Gasteiger charge is -2.23. The zero-order valence-electron chi connectivity index (χ0n) is 16.5. The molecule has 1 aromatic carbocycles. The van der Waals surface area contributed by atoms with Crippen LogP contribution in [-0.2, 0) is 11.3 Å². The summed E-state index contributed by atoms with van der Waals surface area (Å²) in [5.41, 5.74) is 2.76. The van der Waals surface area contributed by atoms with Gasteiger partial charge in [-0.2, -0.15) is 0 Å². The van der Waals surface area contributed by atoms with Gasteiger partial charge in [-0.25, -0.2) is 0 Å². The SMILES string of the molecule is CNCCCCNCCC#Cc1ccc2c(c1)CN(C(C)CCC=O)C2=O. The lowest BCUT2D eigenvalue weighted by Crippen LogP contribution is -2.33. The molecule has 0 bridgehead atoms. The van der Waals surface area contributed by atoms with Gasteiger partial charge in [0, 0.05) is 43.1 Å². The second-order valence-electron chi connectivity index (χ2n) is 7.01. The van der Waals surface area contributed by atoms with E-state index in [1.807, 2.05) is 37.1 Å². The second-order valence-corrected chi connectivity index (χ2v) is 7.01. The van der Waals surface area contributed by atoms with E-state index in [4.69, 9.17) is 0 Å². The van der Waals surface area contributed by atoms with Crippen molar-refractivity contribution in [3.8, 4) is 11.8 Å². The molecule has 5 nitrogen and oxygen atoms in total. The molecule has 1 aliphatic heterocycles. The molecule has 1 unspecified atom stereocenters. The minimum atomic E-state index is 0.0605. The highest BCUT2D eigenvalue weighted by molar-refractivity contribution is 5.98. The van der Waals surface area contributed by atoms with Gasteiger partial charge in [0.05, 0.1) is 0 Å². The third-order valence-electron chi connectivity index (χ3n) is 4.86. The average molecular weight is 370 g/mol. The summed E-state index contributed by atoms with van der Waals surface area (Å²) in [5.74, 6) is 6.47. The van der Waals surface area contributed by atoms with Crippen LogP contribution in [0.5, 0.6) is 0 Å². The molecule has 2 N–H and O–H groups in total. The Bertz CT molecular complexity index is 691. The Hall–Kier alpha value is -2.16. The first kappa shape index (κ1) is 21.1. The van der Waals surface area contributed by atoms with Gasteiger partial charge in [-0.05, 0) is 70.1 Å². The van der Waals surface area contributed by atoms with Gasteiger partial charge in [0.2, 0.25) is 0 Å². The van der Waals surface area contributed by atoms with Crippen LogP contribution in [0, 0.1) is 11.8 Å². The molecule has 1 heterocycles. The highest BCUT2D eigenvalue weighted by atomic mass is 16.2. The number of unbranched alkanes of at least 4 members (excludes halogenated alkanes) is 1. The van der Waals surface area contributed by atoms with Gasteiger partial charge in [0.15, 0.2) is 0 Å². The Kier molecular flexibility index (Phi) is 9.03. The van der Waals surface area contributed by atoms with Gasteiger partial charge in [0.25, 0.3) is 5.91 Å². The monoisotopic (exact) mass is 369 g/mol. The normalized spacial score (nSPS) is 13.9. The summed E-state index contributed by atoms with van der Waals surface area (Å²) < 4.78 is 0. The Labute approximate surface area is 162 Å². The number of carbonyl (C=O) groups excluding carboxylic acids is 2. The van der Waals surface area contributed by atoms with Crippen LogP contribution in [0.4, 0.5) is 0 Å². The number of nitrogens with one attached hydrogen (secondary N) is 2. The standard InChI is InChI=1S/C22H31N3O2/c1-18(8-7-15-26)25-17-20-16-19(10-11-21(20)22(25)27)9-3-4-13-24-14-6-5-12-23-2/h10-11,15-16,18,23-24H,4-8,12-14,17H2,1-2H3. The number of benzene rings is 1. The van der Waals surface area contributed by atoms with Crippen molar-refractivity contribution in [1.82, 2.24) is 15.5 Å². The Morgan fingerprint density at radius 2 is 2.07 bits per heavy atom. The predicted octanol–water partition coefficient (Wildman–Crippen LogP) is 2.34. The van der Waals surface area contributed by atoms with E-state index in [-0.39, 0.29) is 11.9 Å². The van der Waals surface area contributed by atoms with Crippen LogP contribution in [0.3, 0.4) is 0 Å². The summed E-state index contributed by atoms with van der Waals surface area (Å²) in [6.45, 7) is 5.60. The molecule has 0 spiro atoms. The third-order valence-corrected chi connectivity index (χ3v) is 4.86. The fraction of sp³-hybridized carbons (Fsp3) is 0.545. The molecule has 1 aromatic rings. The summed E-state index contributed by atoms with van der Waals surface area (Å²) in [5, 5.41) is 6.55. The molecule has 0 saturated carbocycles. The van der Waals surface area contributed by atoms with E-state index < -0.39 is 0 Å². The van der Waals surface area contributed by atoms with Gasteiger partial charge < -0.3 is 20.3 Å². The van der Waals surface area contributed by atoms with Crippen LogP contribution in [0.1, 0.15) is 60.5 Å². The van der Waals surface area contributed by atoms with E-state index in [9.17, 15) is 9.59 Å². The highest BCUT2D eigenvalue weighted by Gasteiger charge is 2.30. The summed E-state index contributed by atoms with van der Waals surface area (Å²) in [4.78, 5) is 24.9. The maximum absolute atomic E-state index is 12.5. The molecule has 0 aromatic heterocycles. The first-order chi connectivity index (χ1) is 13.2. The van der Waals surface area contributed by atoms with Crippen LogP contribution in [0.25, 0.3) is 0 Å². The molecular weight excluding hydrogens is 338 g/mol. The van der Waals surface area contributed by atoms with Gasteiger partial charge in [-0.3, -0.25) is 4.79 Å². The molecule has 0 saturated heterocycles. The largest absolute Gasteiger partial charge is 0.332 e. The number of hydrogen-bond donors (Lipinski definition) is 2. The fourth-order valence-corrected chi connectivity index (χ4v) is 3.23. The zero-order valence-corrected chi connectivity index (χ0v) is 16.5. The number of aldehydes is 1. The first-order valence-corrected chi connectivity index (χ1v) is 9.89. The molecule has 5 heteroatoms. The van der Waals surface area contributed by atoms with E-state index in [1.54, 1.807) is 0 Å². The molecule has 0 aliphatic carbocycles. The number of rotatable bonds is 11. The Morgan fingerprint density at radius 3 is 2.85 bits per heavy atom. The fourth-order valence-electron chi connectivity index (χ4n) is 3.23. The predicted molar refractivity (Wildman–Crippen MR) is 109 cm³/mol. The molecule has 2 rings (SSSR count). The smallest absolute Gasteiger partial charge is 0.254 e. The number of amides is 1. The Balaban J connectivity index is 1.81. The van der Waals surface area contributed by atoms with Crippen LogP contribution in [0.2, 0.25) is 0 Å². The summed E-state index contributed by atoms with van der Waals surface area (Å²) in [6.07, 6.45) is 5.29. The van der Waals surface area contributed by atoms with Crippen molar-refractivity contribution in [3.05, 3.63) is 34.9 Å². The maximum Gasteiger partial charge on any atom is 0.254 e. The van der Waals surface area contributed by atoms with E-state index >= 15 is 0 Å². The van der Waals surface area contributed by atoms with Crippen molar-refractivity contribution in [1.29, 1.82) is 0 Å². The summed E-state index contributed by atoms with van der Waals surface area (Å²) in [6, 6.07) is 5.91. The van der Waals surface area contributed by atoms with Crippen molar-refractivity contribution < 1.29 is 9.59 Å². The first-order valence-electron chi connectivity index (χ1n) is 9.89. The van der Waals surface area contributed by atoms with Gasteiger partial charge in [-0.15, -0.1) is 0 Å². The summed E-state index contributed by atoms with van der Waals surface area (Å²) in [7, 11) is 1.98. The molecule has 27 heavy (non-hydrogen) atoms. The maximum atomic E-state index is 12.5. The number of fused-ring (bicyclic) bond motifs is 1. The molecule has 1 aliphatic rings. The minimum Gasteiger partial charge on any atom is -0.332 e. The Morgan fingerprint density at radius 1 is 1.26 bits per heavy atom. The second kappa shape index (κ2) is 11.5. The van der Waals surface area contributed by atoms with E-state index in [2.05, 4.69) is 22.5 Å². The van der Waals surface area contributed by atoms with Crippen molar-refractivity contribution in [3.63, 3.8) is 0 Å². The quantitative estimate of drug-likeness (QED) is 0.357. The molecule has 0 radical (unpaired) electrons. The number of nitrogens with zero attached hydrogens (tertiary/aromatic N) is 1. The number of hydrogen-bond acceptors (Lipinski definition) is 4. The molecule has 1 amide bonds. The van der Waals surface area contributed by atoms with Gasteiger partial charge in [0.1, 0.15) is 6.29 Å². The van der Waals surface area contributed by atoms with Crippen molar-refractivity contribution >= 4 is 12.2 Å². The molecular formula is C22H31N3O2. The minimum absolute atomic E-state index is 0.0605. The van der Waals surface area contributed by atoms with Crippen molar-refractivity contribution in [2.24, 2.45) is 0 Å². The highest BCUT2D eigenvalue weighted by Crippen LogP contribution is 2.26.